The first kappa shape index (κ1) is 14.8. The second-order valence-electron chi connectivity index (χ2n) is 3.60. The lowest BCUT2D eigenvalue weighted by molar-refractivity contribution is 0.152. The molecule has 6 heteroatoms. The third-order valence-corrected chi connectivity index (χ3v) is 2.39. The van der Waals surface area contributed by atoms with Crippen LogP contribution in [0.25, 0.3) is 0 Å². The van der Waals surface area contributed by atoms with Crippen LogP contribution in [0.15, 0.2) is 23.3 Å². The van der Waals surface area contributed by atoms with Crippen molar-refractivity contribution in [3.8, 4) is 11.5 Å². The van der Waals surface area contributed by atoms with Crippen LogP contribution in [0.5, 0.6) is 11.5 Å². The molecular formula is C13H18N2O4. The van der Waals surface area contributed by atoms with E-state index in [2.05, 4.69) is 10.5 Å². The molecule has 1 aromatic rings. The summed E-state index contributed by atoms with van der Waals surface area (Å²) in [7, 11) is 3.13. The Labute approximate surface area is 112 Å². The molecule has 1 aromatic carbocycles. The summed E-state index contributed by atoms with van der Waals surface area (Å²) in [5.74, 6) is 1.24. The molecule has 0 atom stereocenters. The molecule has 1 amide bonds. The van der Waals surface area contributed by atoms with Gasteiger partial charge >= 0.3 is 6.09 Å². The minimum Gasteiger partial charge on any atom is -0.493 e. The van der Waals surface area contributed by atoms with Crippen molar-refractivity contribution >= 4 is 11.8 Å². The highest BCUT2D eigenvalue weighted by atomic mass is 16.5. The number of hydrazone groups is 1. The highest BCUT2D eigenvalue weighted by Crippen LogP contribution is 2.27. The number of carbonyl (C=O) groups excluding carboxylic acids is 1. The summed E-state index contributed by atoms with van der Waals surface area (Å²) in [5.41, 5.74) is 3.75. The number of hydrogen-bond donors (Lipinski definition) is 1. The Hall–Kier alpha value is -2.24. The van der Waals surface area contributed by atoms with Gasteiger partial charge in [0.15, 0.2) is 11.5 Å². The van der Waals surface area contributed by atoms with Crippen LogP contribution >= 0.6 is 0 Å². The molecule has 0 aliphatic heterocycles. The van der Waals surface area contributed by atoms with E-state index in [0.717, 1.165) is 5.56 Å². The minimum atomic E-state index is -0.581. The summed E-state index contributed by atoms with van der Waals surface area (Å²) >= 11 is 0. The zero-order valence-electron chi connectivity index (χ0n) is 11.5. The number of nitrogens with one attached hydrogen (secondary N) is 1. The normalized spacial score (nSPS) is 10.8. The number of benzene rings is 1. The largest absolute Gasteiger partial charge is 0.493 e. The maximum atomic E-state index is 11.1. The predicted octanol–water partition coefficient (Wildman–Crippen LogP) is 2.17. The van der Waals surface area contributed by atoms with Crippen molar-refractivity contribution in [3.63, 3.8) is 0 Å². The average Bonchev–Trinajstić information content (AvgIpc) is 2.44. The molecule has 6 nitrogen and oxygen atoms in total. The Kier molecular flexibility index (Phi) is 5.66. The van der Waals surface area contributed by atoms with Gasteiger partial charge in [0.2, 0.25) is 0 Å². The van der Waals surface area contributed by atoms with E-state index >= 15 is 0 Å². The number of ether oxygens (including phenoxy) is 3. The zero-order chi connectivity index (χ0) is 14.3. The summed E-state index contributed by atoms with van der Waals surface area (Å²) in [6.45, 7) is 3.80. The van der Waals surface area contributed by atoms with Crippen molar-refractivity contribution < 1.29 is 19.0 Å². The van der Waals surface area contributed by atoms with Gasteiger partial charge in [0.1, 0.15) is 0 Å². The van der Waals surface area contributed by atoms with Gasteiger partial charge in [-0.1, -0.05) is 0 Å². The molecule has 0 radical (unpaired) electrons. The number of amides is 1. The lowest BCUT2D eigenvalue weighted by atomic mass is 10.1. The third-order valence-electron chi connectivity index (χ3n) is 2.39. The molecule has 0 heterocycles. The fraction of sp³-hybridized carbons (Fsp3) is 0.385. The van der Waals surface area contributed by atoms with Crippen LogP contribution in [0.4, 0.5) is 4.79 Å². The van der Waals surface area contributed by atoms with E-state index in [0.29, 0.717) is 23.8 Å². The Morgan fingerprint density at radius 1 is 1.26 bits per heavy atom. The standard InChI is InChI=1S/C13H18N2O4/c1-5-19-13(16)15-14-9(2)10-6-7-11(17-3)12(8-10)18-4/h6-8H,5H2,1-4H3,(H,15,16). The minimum absolute atomic E-state index is 0.302. The molecule has 0 aliphatic rings. The van der Waals surface area contributed by atoms with Crippen molar-refractivity contribution in [3.05, 3.63) is 23.8 Å². The first-order valence-corrected chi connectivity index (χ1v) is 5.81. The molecule has 0 aliphatic carbocycles. The Balaban J connectivity index is 2.84. The molecule has 19 heavy (non-hydrogen) atoms. The highest BCUT2D eigenvalue weighted by Gasteiger charge is 2.07. The van der Waals surface area contributed by atoms with Crippen LogP contribution in [0.1, 0.15) is 19.4 Å². The number of carbonyl (C=O) groups is 1. The topological polar surface area (TPSA) is 69.2 Å². The fourth-order valence-corrected chi connectivity index (χ4v) is 1.42. The summed E-state index contributed by atoms with van der Waals surface area (Å²) in [6.07, 6.45) is -0.581. The van der Waals surface area contributed by atoms with Crippen LogP contribution in [0.3, 0.4) is 0 Å². The van der Waals surface area contributed by atoms with E-state index in [1.54, 1.807) is 40.2 Å². The van der Waals surface area contributed by atoms with Gasteiger partial charge in [0, 0.05) is 5.56 Å². The number of methoxy groups -OCH3 is 2. The molecular weight excluding hydrogens is 248 g/mol. The summed E-state index contributed by atoms with van der Waals surface area (Å²) in [5, 5.41) is 3.94. The maximum absolute atomic E-state index is 11.1. The molecule has 1 rings (SSSR count). The SMILES string of the molecule is CCOC(=O)NN=C(C)c1ccc(OC)c(OC)c1. The van der Waals surface area contributed by atoms with Crippen LogP contribution in [-0.4, -0.2) is 32.6 Å². The summed E-state index contributed by atoms with van der Waals surface area (Å²) < 4.78 is 15.1. The van der Waals surface area contributed by atoms with Crippen molar-refractivity contribution in [1.82, 2.24) is 5.43 Å². The molecule has 0 bridgehead atoms. The molecule has 0 aromatic heterocycles. The molecule has 1 N–H and O–H groups in total. The summed E-state index contributed by atoms with van der Waals surface area (Å²) in [6, 6.07) is 5.38. The van der Waals surface area contributed by atoms with Gasteiger partial charge in [-0.25, -0.2) is 10.2 Å². The Bertz CT molecular complexity index is 472. The van der Waals surface area contributed by atoms with Crippen molar-refractivity contribution in [1.29, 1.82) is 0 Å². The smallest absolute Gasteiger partial charge is 0.427 e. The predicted molar refractivity (Wildman–Crippen MR) is 71.9 cm³/mol. The number of nitrogens with zero attached hydrogens (tertiary/aromatic N) is 1. The lowest BCUT2D eigenvalue weighted by Crippen LogP contribution is -2.20. The number of rotatable bonds is 5. The van der Waals surface area contributed by atoms with E-state index in [9.17, 15) is 4.79 Å². The Morgan fingerprint density at radius 3 is 2.53 bits per heavy atom. The average molecular weight is 266 g/mol. The lowest BCUT2D eigenvalue weighted by Gasteiger charge is -2.09. The van der Waals surface area contributed by atoms with Crippen LogP contribution in [0.2, 0.25) is 0 Å². The summed E-state index contributed by atoms with van der Waals surface area (Å²) in [4.78, 5) is 11.1. The molecule has 0 fully saturated rings. The molecule has 0 saturated heterocycles. The number of hydrogen-bond acceptors (Lipinski definition) is 5. The second kappa shape index (κ2) is 7.25. The second-order valence-corrected chi connectivity index (χ2v) is 3.60. The van der Waals surface area contributed by atoms with Crippen LogP contribution < -0.4 is 14.9 Å². The van der Waals surface area contributed by atoms with Gasteiger partial charge in [-0.15, -0.1) is 0 Å². The van der Waals surface area contributed by atoms with E-state index in [1.165, 1.54) is 0 Å². The highest BCUT2D eigenvalue weighted by molar-refractivity contribution is 5.99. The van der Waals surface area contributed by atoms with Crippen molar-refractivity contribution in [2.24, 2.45) is 5.10 Å². The molecule has 0 saturated carbocycles. The zero-order valence-corrected chi connectivity index (χ0v) is 11.5. The van der Waals surface area contributed by atoms with Gasteiger partial charge in [-0.05, 0) is 32.0 Å². The van der Waals surface area contributed by atoms with Gasteiger partial charge in [-0.3, -0.25) is 0 Å². The van der Waals surface area contributed by atoms with Gasteiger partial charge in [-0.2, -0.15) is 5.10 Å². The first-order chi connectivity index (χ1) is 9.12. The first-order valence-electron chi connectivity index (χ1n) is 5.81. The van der Waals surface area contributed by atoms with Crippen molar-refractivity contribution in [2.45, 2.75) is 13.8 Å². The van der Waals surface area contributed by atoms with E-state index in [4.69, 9.17) is 14.2 Å². The maximum Gasteiger partial charge on any atom is 0.427 e. The van der Waals surface area contributed by atoms with Gasteiger partial charge in [0.25, 0.3) is 0 Å². The fourth-order valence-electron chi connectivity index (χ4n) is 1.42. The van der Waals surface area contributed by atoms with Gasteiger partial charge < -0.3 is 14.2 Å². The molecule has 104 valence electrons. The van der Waals surface area contributed by atoms with E-state index < -0.39 is 6.09 Å². The van der Waals surface area contributed by atoms with E-state index in [-0.39, 0.29) is 0 Å². The van der Waals surface area contributed by atoms with Crippen LogP contribution in [-0.2, 0) is 4.74 Å². The van der Waals surface area contributed by atoms with E-state index in [1.807, 2.05) is 6.07 Å². The van der Waals surface area contributed by atoms with Crippen molar-refractivity contribution in [2.75, 3.05) is 20.8 Å². The quantitative estimate of drug-likeness (QED) is 0.655. The molecule has 0 unspecified atom stereocenters. The van der Waals surface area contributed by atoms with Gasteiger partial charge in [0.05, 0.1) is 26.5 Å². The third kappa shape index (κ3) is 4.17. The molecule has 0 spiro atoms. The van der Waals surface area contributed by atoms with Crippen LogP contribution in [0, 0.1) is 0 Å². The Morgan fingerprint density at radius 2 is 1.95 bits per heavy atom. The monoisotopic (exact) mass is 266 g/mol.